The molecule has 17 heavy (non-hydrogen) atoms. The van der Waals surface area contributed by atoms with Crippen LogP contribution in [0.2, 0.25) is 0 Å². The zero-order valence-electron chi connectivity index (χ0n) is 11.7. The summed E-state index contributed by atoms with van der Waals surface area (Å²) in [6.45, 7) is 4.40. The molecule has 0 aliphatic heterocycles. The van der Waals surface area contributed by atoms with Crippen LogP contribution in [0.25, 0.3) is 0 Å². The van der Waals surface area contributed by atoms with Gasteiger partial charge in [-0.05, 0) is 56.3 Å². The van der Waals surface area contributed by atoms with E-state index in [0.29, 0.717) is 0 Å². The van der Waals surface area contributed by atoms with E-state index in [1.807, 2.05) is 7.11 Å². The van der Waals surface area contributed by atoms with Crippen molar-refractivity contribution in [1.29, 1.82) is 0 Å². The van der Waals surface area contributed by atoms with Crippen LogP contribution in [0.1, 0.15) is 58.8 Å². The average molecular weight is 239 g/mol. The van der Waals surface area contributed by atoms with Crippen LogP contribution in [-0.2, 0) is 4.74 Å². The molecule has 0 aromatic heterocycles. The first kappa shape index (κ1) is 13.4. The topological polar surface area (TPSA) is 35.2 Å². The second kappa shape index (κ2) is 5.27. The largest absolute Gasteiger partial charge is 0.377 e. The molecule has 2 bridgehead atoms. The molecule has 2 nitrogen and oxygen atoms in total. The highest BCUT2D eigenvalue weighted by Crippen LogP contribution is 2.50. The van der Waals surface area contributed by atoms with E-state index >= 15 is 0 Å². The van der Waals surface area contributed by atoms with Crippen molar-refractivity contribution in [2.24, 2.45) is 23.5 Å². The lowest BCUT2D eigenvalue weighted by molar-refractivity contribution is -0.0444. The molecule has 2 N–H and O–H groups in total. The maximum atomic E-state index is 6.47. The standard InChI is InChI=1S/C15H29NO/c1-4-15(5-2,17-3)14(16)10-13-9-11-6-7-12(13)8-11/h11-14H,4-10,16H2,1-3H3. The van der Waals surface area contributed by atoms with Crippen molar-refractivity contribution in [3.63, 3.8) is 0 Å². The van der Waals surface area contributed by atoms with E-state index in [4.69, 9.17) is 10.5 Å². The Balaban J connectivity index is 1.93. The molecule has 0 aromatic rings. The molecule has 0 aromatic carbocycles. The van der Waals surface area contributed by atoms with Gasteiger partial charge in [-0.3, -0.25) is 0 Å². The smallest absolute Gasteiger partial charge is 0.0823 e. The summed E-state index contributed by atoms with van der Waals surface area (Å²) < 4.78 is 5.76. The first-order valence-corrected chi connectivity index (χ1v) is 7.46. The molecule has 2 aliphatic carbocycles. The van der Waals surface area contributed by atoms with Crippen LogP contribution in [0.5, 0.6) is 0 Å². The van der Waals surface area contributed by atoms with Crippen molar-refractivity contribution in [3.05, 3.63) is 0 Å². The SMILES string of the molecule is CCC(CC)(OC)C(N)CC1CC2CCC1C2. The predicted octanol–water partition coefficient (Wildman–Crippen LogP) is 3.35. The lowest BCUT2D eigenvalue weighted by Crippen LogP contribution is -2.50. The molecule has 0 heterocycles. The van der Waals surface area contributed by atoms with Crippen molar-refractivity contribution < 1.29 is 4.74 Å². The number of fused-ring (bicyclic) bond motifs is 2. The van der Waals surface area contributed by atoms with Crippen molar-refractivity contribution in [1.82, 2.24) is 0 Å². The second-order valence-corrected chi connectivity index (χ2v) is 6.25. The van der Waals surface area contributed by atoms with Gasteiger partial charge in [0.05, 0.1) is 5.60 Å². The number of ether oxygens (including phenoxy) is 1. The lowest BCUT2D eigenvalue weighted by atomic mass is 9.78. The molecule has 2 heteroatoms. The van der Waals surface area contributed by atoms with Crippen LogP contribution in [0.3, 0.4) is 0 Å². The van der Waals surface area contributed by atoms with Crippen LogP contribution in [0.4, 0.5) is 0 Å². The third kappa shape index (κ3) is 2.39. The van der Waals surface area contributed by atoms with Crippen LogP contribution < -0.4 is 5.73 Å². The Labute approximate surface area is 106 Å². The molecule has 2 aliphatic rings. The monoisotopic (exact) mass is 239 g/mol. The molecule has 100 valence electrons. The highest BCUT2D eigenvalue weighted by molar-refractivity contribution is 4.96. The van der Waals surface area contributed by atoms with Gasteiger partial charge in [0.1, 0.15) is 0 Å². The Morgan fingerprint density at radius 2 is 1.94 bits per heavy atom. The number of methoxy groups -OCH3 is 1. The Hall–Kier alpha value is -0.0800. The van der Waals surface area contributed by atoms with Crippen molar-refractivity contribution >= 4 is 0 Å². The quantitative estimate of drug-likeness (QED) is 0.771. The molecule has 2 rings (SSSR count). The van der Waals surface area contributed by atoms with E-state index in [-0.39, 0.29) is 11.6 Å². The second-order valence-electron chi connectivity index (χ2n) is 6.25. The van der Waals surface area contributed by atoms with Gasteiger partial charge >= 0.3 is 0 Å². The van der Waals surface area contributed by atoms with Gasteiger partial charge in [-0.2, -0.15) is 0 Å². The van der Waals surface area contributed by atoms with Gasteiger partial charge in [0, 0.05) is 13.2 Å². The lowest BCUT2D eigenvalue weighted by Gasteiger charge is -2.38. The fourth-order valence-electron chi connectivity index (χ4n) is 4.42. The Kier molecular flexibility index (Phi) is 4.14. The Morgan fingerprint density at radius 3 is 2.35 bits per heavy atom. The summed E-state index contributed by atoms with van der Waals surface area (Å²) >= 11 is 0. The molecule has 0 spiro atoms. The van der Waals surface area contributed by atoms with E-state index in [0.717, 1.165) is 30.6 Å². The van der Waals surface area contributed by atoms with Gasteiger partial charge in [0.25, 0.3) is 0 Å². The summed E-state index contributed by atoms with van der Waals surface area (Å²) in [5, 5.41) is 0. The Bertz CT molecular complexity index is 241. The molecular weight excluding hydrogens is 210 g/mol. The predicted molar refractivity (Wildman–Crippen MR) is 71.9 cm³/mol. The van der Waals surface area contributed by atoms with Gasteiger partial charge in [-0.15, -0.1) is 0 Å². The summed E-state index contributed by atoms with van der Waals surface area (Å²) in [5.41, 5.74) is 6.39. The number of rotatable bonds is 6. The summed E-state index contributed by atoms with van der Waals surface area (Å²) in [6.07, 6.45) is 9.09. The highest BCUT2D eigenvalue weighted by atomic mass is 16.5. The van der Waals surface area contributed by atoms with E-state index in [9.17, 15) is 0 Å². The fourth-order valence-corrected chi connectivity index (χ4v) is 4.42. The maximum absolute atomic E-state index is 6.47. The van der Waals surface area contributed by atoms with Gasteiger partial charge in [-0.25, -0.2) is 0 Å². The van der Waals surface area contributed by atoms with E-state index < -0.39 is 0 Å². The first-order valence-electron chi connectivity index (χ1n) is 7.46. The fraction of sp³-hybridized carbons (Fsp3) is 1.00. The summed E-state index contributed by atoms with van der Waals surface area (Å²) in [4.78, 5) is 0. The number of hydrogen-bond acceptors (Lipinski definition) is 2. The minimum absolute atomic E-state index is 0.0815. The molecule has 2 saturated carbocycles. The molecule has 0 amide bonds. The van der Waals surface area contributed by atoms with Crippen LogP contribution >= 0.6 is 0 Å². The average Bonchev–Trinajstić information content (AvgIpc) is 2.94. The molecular formula is C15H29NO. The third-order valence-corrected chi connectivity index (χ3v) is 5.72. The normalized spacial score (nSPS) is 34.2. The highest BCUT2D eigenvalue weighted by Gasteiger charge is 2.42. The minimum atomic E-state index is -0.0815. The summed E-state index contributed by atoms with van der Waals surface area (Å²) in [5.74, 6) is 2.89. The summed E-state index contributed by atoms with van der Waals surface area (Å²) in [6, 6.07) is 0.215. The van der Waals surface area contributed by atoms with E-state index in [1.165, 1.54) is 32.1 Å². The molecule has 0 radical (unpaired) electrons. The zero-order valence-corrected chi connectivity index (χ0v) is 11.7. The van der Waals surface area contributed by atoms with E-state index in [1.54, 1.807) is 0 Å². The molecule has 4 atom stereocenters. The Morgan fingerprint density at radius 1 is 1.24 bits per heavy atom. The number of hydrogen-bond donors (Lipinski definition) is 1. The van der Waals surface area contributed by atoms with Crippen molar-refractivity contribution in [3.8, 4) is 0 Å². The van der Waals surface area contributed by atoms with Crippen LogP contribution in [0, 0.1) is 17.8 Å². The molecule has 4 unspecified atom stereocenters. The molecule has 2 fully saturated rings. The maximum Gasteiger partial charge on any atom is 0.0823 e. The minimum Gasteiger partial charge on any atom is -0.377 e. The zero-order chi connectivity index (χ0) is 12.5. The third-order valence-electron chi connectivity index (χ3n) is 5.72. The van der Waals surface area contributed by atoms with Crippen molar-refractivity contribution in [2.75, 3.05) is 7.11 Å². The first-order chi connectivity index (χ1) is 8.15. The van der Waals surface area contributed by atoms with Gasteiger partial charge < -0.3 is 10.5 Å². The van der Waals surface area contributed by atoms with Crippen molar-refractivity contribution in [2.45, 2.75) is 70.4 Å². The summed E-state index contributed by atoms with van der Waals surface area (Å²) in [7, 11) is 1.83. The van der Waals surface area contributed by atoms with E-state index in [2.05, 4.69) is 13.8 Å². The number of nitrogens with two attached hydrogens (primary N) is 1. The van der Waals surface area contributed by atoms with Gasteiger partial charge in [0.15, 0.2) is 0 Å². The van der Waals surface area contributed by atoms with Gasteiger partial charge in [-0.1, -0.05) is 20.3 Å². The van der Waals surface area contributed by atoms with Crippen LogP contribution in [-0.4, -0.2) is 18.8 Å². The van der Waals surface area contributed by atoms with Crippen LogP contribution in [0.15, 0.2) is 0 Å². The molecule has 0 saturated heterocycles. The van der Waals surface area contributed by atoms with Gasteiger partial charge in [0.2, 0.25) is 0 Å².